The van der Waals surface area contributed by atoms with E-state index in [-0.39, 0.29) is 31.3 Å². The van der Waals surface area contributed by atoms with Crippen LogP contribution in [0.1, 0.15) is 25.3 Å². The first kappa shape index (κ1) is 19.3. The molecule has 0 N–H and O–H groups in total. The molecule has 3 heterocycles. The van der Waals surface area contributed by atoms with Gasteiger partial charge in [-0.05, 0) is 12.5 Å². The number of benzene rings is 1. The number of esters is 1. The highest BCUT2D eigenvalue weighted by atomic mass is 35.5. The van der Waals surface area contributed by atoms with E-state index in [4.69, 9.17) is 16.3 Å². The van der Waals surface area contributed by atoms with Crippen LogP contribution in [0.25, 0.3) is 0 Å². The third-order valence-electron chi connectivity index (χ3n) is 5.25. The van der Waals surface area contributed by atoms with E-state index in [1.165, 1.54) is 16.7 Å². The Morgan fingerprint density at radius 2 is 1.86 bits per heavy atom. The van der Waals surface area contributed by atoms with Crippen LogP contribution in [-0.2, 0) is 30.5 Å². The van der Waals surface area contributed by atoms with Gasteiger partial charge in [-0.2, -0.15) is 0 Å². The fourth-order valence-corrected chi connectivity index (χ4v) is 5.69. The molecule has 28 heavy (non-hydrogen) atoms. The summed E-state index contributed by atoms with van der Waals surface area (Å²) in [6.07, 6.45) is 0.242. The molecular formula is C19H19ClN2O5S. The summed E-state index contributed by atoms with van der Waals surface area (Å²) in [7, 11) is 0. The number of rotatable bonds is 4. The van der Waals surface area contributed by atoms with Crippen molar-refractivity contribution < 1.29 is 23.9 Å². The van der Waals surface area contributed by atoms with Crippen molar-refractivity contribution in [1.29, 1.82) is 0 Å². The van der Waals surface area contributed by atoms with Crippen LogP contribution in [0.15, 0.2) is 30.3 Å². The van der Waals surface area contributed by atoms with Gasteiger partial charge in [0.05, 0.1) is 4.87 Å². The number of hydrogen-bond donors (Lipinski definition) is 0. The molecule has 0 radical (unpaired) electrons. The summed E-state index contributed by atoms with van der Waals surface area (Å²) < 4.78 is 5.43. The molecule has 0 aromatic heterocycles. The van der Waals surface area contributed by atoms with Crippen LogP contribution < -0.4 is 0 Å². The minimum atomic E-state index is -1.01. The molecule has 148 valence electrons. The fourth-order valence-electron chi connectivity index (χ4n) is 3.84. The number of ether oxygens (including phenoxy) is 1. The maximum atomic E-state index is 12.9. The van der Waals surface area contributed by atoms with Crippen molar-refractivity contribution in [2.24, 2.45) is 0 Å². The van der Waals surface area contributed by atoms with Gasteiger partial charge >= 0.3 is 5.97 Å². The van der Waals surface area contributed by atoms with Gasteiger partial charge in [0.15, 0.2) is 6.04 Å². The highest BCUT2D eigenvalue weighted by molar-refractivity contribution is 8.00. The van der Waals surface area contributed by atoms with E-state index >= 15 is 0 Å². The second-order valence-electron chi connectivity index (χ2n) is 7.32. The van der Waals surface area contributed by atoms with Crippen LogP contribution in [0.4, 0.5) is 0 Å². The molecule has 3 fully saturated rings. The number of amides is 3. The van der Waals surface area contributed by atoms with Crippen LogP contribution in [0.5, 0.6) is 0 Å². The van der Waals surface area contributed by atoms with Gasteiger partial charge in [-0.25, -0.2) is 4.79 Å². The van der Waals surface area contributed by atoms with Crippen molar-refractivity contribution in [3.8, 4) is 0 Å². The summed E-state index contributed by atoms with van der Waals surface area (Å²) in [6.45, 7) is 1.77. The summed E-state index contributed by atoms with van der Waals surface area (Å²) >= 11 is 7.95. The first-order valence-electron chi connectivity index (χ1n) is 8.99. The molecule has 9 heteroatoms. The second kappa shape index (κ2) is 7.08. The third kappa shape index (κ3) is 3.08. The predicted octanol–water partition coefficient (Wildman–Crippen LogP) is 1.53. The lowest BCUT2D eigenvalue weighted by Crippen LogP contribution is -2.78. The average Bonchev–Trinajstić information content (AvgIpc) is 2.99. The molecule has 0 saturated carbocycles. The van der Waals surface area contributed by atoms with Gasteiger partial charge in [0.25, 0.3) is 5.91 Å². The third-order valence-corrected chi connectivity index (χ3v) is 7.34. The summed E-state index contributed by atoms with van der Waals surface area (Å²) in [6, 6.07) is 7.39. The summed E-state index contributed by atoms with van der Waals surface area (Å²) in [5, 5.41) is -0.473. The van der Waals surface area contributed by atoms with Crippen LogP contribution in [0, 0.1) is 0 Å². The standard InChI is InChI=1S/C19H19ClN2O5S/c1-19(20)10-28-17-14(21-12(23)7-8-13(21)24)16(25)22(17)15(19)18(26)27-9-11-5-3-2-4-6-11/h2-6,14-15,17H,7-10H2,1H3/t14?,15?,17-,19-/m1/s1. The van der Waals surface area contributed by atoms with Crippen molar-refractivity contribution >= 4 is 47.1 Å². The quantitative estimate of drug-likeness (QED) is 0.316. The van der Waals surface area contributed by atoms with Gasteiger partial charge in [0.2, 0.25) is 11.8 Å². The number of halogens is 1. The molecule has 0 spiro atoms. The summed E-state index contributed by atoms with van der Waals surface area (Å²) in [5.41, 5.74) is 0.829. The lowest BCUT2D eigenvalue weighted by molar-refractivity contribution is -0.175. The Labute approximate surface area is 171 Å². The van der Waals surface area contributed by atoms with Crippen LogP contribution in [-0.4, -0.2) is 61.6 Å². The molecule has 0 bridgehead atoms. The maximum absolute atomic E-state index is 12.9. The number of β-lactam (4-membered cyclic amide) rings is 1. The molecule has 3 aliphatic rings. The predicted molar refractivity (Wildman–Crippen MR) is 102 cm³/mol. The normalized spacial score (nSPS) is 32.2. The number of imide groups is 1. The molecule has 4 rings (SSSR count). The first-order chi connectivity index (χ1) is 13.3. The van der Waals surface area contributed by atoms with E-state index in [1.807, 2.05) is 30.3 Å². The number of carbonyl (C=O) groups is 4. The number of fused-ring (bicyclic) bond motifs is 1. The fraction of sp³-hybridized carbons (Fsp3) is 0.474. The Balaban J connectivity index is 1.52. The summed E-state index contributed by atoms with van der Waals surface area (Å²) in [5.74, 6) is -1.32. The topological polar surface area (TPSA) is 84.0 Å². The molecule has 3 amide bonds. The van der Waals surface area contributed by atoms with Crippen molar-refractivity contribution in [3.63, 3.8) is 0 Å². The van der Waals surface area contributed by atoms with E-state index < -0.39 is 34.2 Å². The SMILES string of the molecule is C[C@@]1(Cl)CS[C@@H]2C(N3C(=O)CCC3=O)C(=O)N2C1C(=O)OCc1ccccc1. The molecular weight excluding hydrogens is 404 g/mol. The lowest BCUT2D eigenvalue weighted by atomic mass is 9.93. The molecule has 3 aliphatic heterocycles. The van der Waals surface area contributed by atoms with Gasteiger partial charge in [-0.3, -0.25) is 19.3 Å². The number of thioether (sulfide) groups is 1. The Kier molecular flexibility index (Phi) is 4.87. The smallest absolute Gasteiger partial charge is 0.331 e. The minimum absolute atomic E-state index is 0.0789. The number of hydrogen-bond acceptors (Lipinski definition) is 6. The second-order valence-corrected chi connectivity index (χ2v) is 9.29. The first-order valence-corrected chi connectivity index (χ1v) is 10.4. The number of likely N-dealkylation sites (tertiary alicyclic amines) is 1. The molecule has 2 unspecified atom stereocenters. The zero-order chi connectivity index (χ0) is 20.1. The lowest BCUT2D eigenvalue weighted by Gasteiger charge is -2.57. The van der Waals surface area contributed by atoms with Gasteiger partial charge in [-0.15, -0.1) is 23.4 Å². The van der Waals surface area contributed by atoms with Crippen LogP contribution in [0.2, 0.25) is 0 Å². The highest BCUT2D eigenvalue weighted by Gasteiger charge is 2.64. The van der Waals surface area contributed by atoms with E-state index in [0.717, 1.165) is 10.5 Å². The van der Waals surface area contributed by atoms with E-state index in [1.54, 1.807) is 6.92 Å². The number of nitrogens with zero attached hydrogens (tertiary/aromatic N) is 2. The van der Waals surface area contributed by atoms with Gasteiger partial charge in [0, 0.05) is 18.6 Å². The van der Waals surface area contributed by atoms with Crippen molar-refractivity contribution in [3.05, 3.63) is 35.9 Å². The molecule has 0 aliphatic carbocycles. The van der Waals surface area contributed by atoms with Crippen molar-refractivity contribution in [2.45, 2.75) is 48.7 Å². The zero-order valence-corrected chi connectivity index (χ0v) is 16.7. The molecule has 7 nitrogen and oxygen atoms in total. The highest BCUT2D eigenvalue weighted by Crippen LogP contribution is 2.47. The Morgan fingerprint density at radius 1 is 1.21 bits per heavy atom. The zero-order valence-electron chi connectivity index (χ0n) is 15.2. The Bertz CT molecular complexity index is 830. The Hall–Kier alpha value is -2.06. The largest absolute Gasteiger partial charge is 0.459 e. The minimum Gasteiger partial charge on any atom is -0.459 e. The molecule has 1 aromatic rings. The van der Waals surface area contributed by atoms with Crippen molar-refractivity contribution in [2.75, 3.05) is 5.75 Å². The summed E-state index contributed by atoms with van der Waals surface area (Å²) in [4.78, 5) is 51.2. The molecule has 4 atom stereocenters. The maximum Gasteiger partial charge on any atom is 0.331 e. The van der Waals surface area contributed by atoms with Crippen LogP contribution in [0.3, 0.4) is 0 Å². The molecule has 3 saturated heterocycles. The Morgan fingerprint density at radius 3 is 2.50 bits per heavy atom. The molecule has 1 aromatic carbocycles. The number of alkyl halides is 1. The van der Waals surface area contributed by atoms with Crippen molar-refractivity contribution in [1.82, 2.24) is 9.80 Å². The van der Waals surface area contributed by atoms with Gasteiger partial charge in [0.1, 0.15) is 18.0 Å². The van der Waals surface area contributed by atoms with Gasteiger partial charge in [-0.1, -0.05) is 30.3 Å². The average molecular weight is 423 g/mol. The van der Waals surface area contributed by atoms with E-state index in [2.05, 4.69) is 0 Å². The monoisotopic (exact) mass is 422 g/mol. The number of carbonyl (C=O) groups excluding carboxylic acids is 4. The van der Waals surface area contributed by atoms with E-state index in [0.29, 0.717) is 5.75 Å². The van der Waals surface area contributed by atoms with E-state index in [9.17, 15) is 19.2 Å². The van der Waals surface area contributed by atoms with Gasteiger partial charge < -0.3 is 9.64 Å². The van der Waals surface area contributed by atoms with Crippen LogP contribution >= 0.6 is 23.4 Å².